The summed E-state index contributed by atoms with van der Waals surface area (Å²) in [6.45, 7) is 3.99. The second-order valence-electron chi connectivity index (χ2n) is 6.38. The Labute approximate surface area is 163 Å². The van der Waals surface area contributed by atoms with Gasteiger partial charge in [-0.1, -0.05) is 30.9 Å². The van der Waals surface area contributed by atoms with Gasteiger partial charge in [-0.2, -0.15) is 0 Å². The van der Waals surface area contributed by atoms with Gasteiger partial charge in [0.25, 0.3) is 0 Å². The number of aliphatic hydroxyl groups is 1. The number of rotatable bonds is 6. The largest absolute Gasteiger partial charge is 0.477 e. The van der Waals surface area contributed by atoms with Crippen LogP contribution >= 0.6 is 11.3 Å². The summed E-state index contributed by atoms with van der Waals surface area (Å²) in [6.07, 6.45) is 4.81. The van der Waals surface area contributed by atoms with Gasteiger partial charge in [0.2, 0.25) is 5.91 Å². The number of hydrogen-bond acceptors (Lipinski definition) is 4. The Morgan fingerprint density at radius 3 is 2.89 bits per heavy atom. The van der Waals surface area contributed by atoms with Crippen molar-refractivity contribution in [1.82, 2.24) is 4.90 Å². The lowest BCUT2D eigenvalue weighted by atomic mass is 10.00. The first-order valence-corrected chi connectivity index (χ1v) is 9.61. The molecule has 1 amide bonds. The molecule has 3 atom stereocenters. The van der Waals surface area contributed by atoms with Crippen LogP contribution in [0.1, 0.15) is 47.7 Å². The van der Waals surface area contributed by atoms with Crippen LogP contribution in [0, 0.1) is 29.6 Å². The molecule has 1 aliphatic rings. The average Bonchev–Trinajstić information content (AvgIpc) is 3.25. The molecule has 1 fully saturated rings. The number of aromatic carboxylic acids is 1. The van der Waals surface area contributed by atoms with Crippen molar-refractivity contribution < 1.29 is 19.8 Å². The van der Waals surface area contributed by atoms with Crippen LogP contribution in [0.15, 0.2) is 24.3 Å². The number of carbonyl (C=O) groups excluding carboxylic acids is 1. The van der Waals surface area contributed by atoms with Gasteiger partial charge in [0.15, 0.2) is 0 Å². The fourth-order valence-electron chi connectivity index (χ4n) is 2.71. The summed E-state index contributed by atoms with van der Waals surface area (Å²) in [6, 6.07) is 3.11. The fraction of sp³-hybridized carbons (Fsp3) is 0.429. The van der Waals surface area contributed by atoms with Crippen LogP contribution in [0.3, 0.4) is 0 Å². The number of thiophene rings is 1. The molecule has 0 aliphatic carbocycles. The van der Waals surface area contributed by atoms with Crippen molar-refractivity contribution in [2.45, 2.75) is 45.3 Å². The summed E-state index contributed by atoms with van der Waals surface area (Å²) in [5.41, 5.74) is 0. The maximum absolute atomic E-state index is 12.1. The Balaban J connectivity index is 1.97. The molecule has 27 heavy (non-hydrogen) atoms. The Morgan fingerprint density at radius 2 is 2.22 bits per heavy atom. The highest BCUT2D eigenvalue weighted by atomic mass is 32.1. The van der Waals surface area contributed by atoms with Crippen molar-refractivity contribution >= 4 is 23.2 Å². The standard InChI is InChI=1S/C21H23NO4S/c1-3-4-6-15(2)18(23)11-8-16-9-13-20(24)22(16)14-5-7-17-10-12-19(27-17)21(25)26/h8,10-12,15-16,18,23H,6,9,13-14H2,1-2H3,(H,25,26)/b11-8+/t15-,16-,18+/m0/s1. The summed E-state index contributed by atoms with van der Waals surface area (Å²) in [4.78, 5) is 25.6. The van der Waals surface area contributed by atoms with Crippen molar-refractivity contribution in [1.29, 1.82) is 0 Å². The van der Waals surface area contributed by atoms with Crippen LogP contribution in [0.2, 0.25) is 0 Å². The topological polar surface area (TPSA) is 77.8 Å². The first kappa shape index (κ1) is 20.8. The number of likely N-dealkylation sites (tertiary alicyclic amines) is 1. The zero-order valence-electron chi connectivity index (χ0n) is 15.4. The van der Waals surface area contributed by atoms with Gasteiger partial charge in [-0.05, 0) is 31.4 Å². The quantitative estimate of drug-likeness (QED) is 0.583. The monoisotopic (exact) mass is 385 g/mol. The van der Waals surface area contributed by atoms with E-state index in [2.05, 4.69) is 23.7 Å². The van der Waals surface area contributed by atoms with Gasteiger partial charge in [0, 0.05) is 12.8 Å². The van der Waals surface area contributed by atoms with E-state index in [-0.39, 0.29) is 29.3 Å². The predicted octanol–water partition coefficient (Wildman–Crippen LogP) is 2.76. The van der Waals surface area contributed by atoms with E-state index in [1.165, 1.54) is 6.07 Å². The summed E-state index contributed by atoms with van der Waals surface area (Å²) < 4.78 is 0. The third-order valence-corrected chi connectivity index (χ3v) is 5.36. The molecule has 1 aromatic heterocycles. The second kappa shape index (κ2) is 9.97. The number of carbonyl (C=O) groups is 2. The summed E-state index contributed by atoms with van der Waals surface area (Å²) in [5.74, 6) is 10.8. The van der Waals surface area contributed by atoms with E-state index in [1.807, 2.05) is 13.0 Å². The Kier molecular flexibility index (Phi) is 7.67. The molecular formula is C21H23NO4S. The molecule has 5 nitrogen and oxygen atoms in total. The zero-order valence-corrected chi connectivity index (χ0v) is 16.3. The lowest BCUT2D eigenvalue weighted by Gasteiger charge is -2.20. The molecule has 0 aromatic carbocycles. The number of amides is 1. The molecule has 2 heterocycles. The molecule has 1 aliphatic heterocycles. The minimum absolute atomic E-state index is 0.0290. The van der Waals surface area contributed by atoms with Crippen LogP contribution in [0.5, 0.6) is 0 Å². The summed E-state index contributed by atoms with van der Waals surface area (Å²) in [7, 11) is 0. The van der Waals surface area contributed by atoms with E-state index in [9.17, 15) is 14.7 Å². The number of carboxylic acid groups (broad SMARTS) is 1. The number of nitrogens with zero attached hydrogens (tertiary/aromatic N) is 1. The molecule has 142 valence electrons. The number of aliphatic hydroxyl groups excluding tert-OH is 1. The molecule has 2 rings (SSSR count). The fourth-order valence-corrected chi connectivity index (χ4v) is 3.43. The van der Waals surface area contributed by atoms with E-state index in [0.29, 0.717) is 24.1 Å². The van der Waals surface area contributed by atoms with Gasteiger partial charge >= 0.3 is 5.97 Å². The van der Waals surface area contributed by atoms with E-state index in [0.717, 1.165) is 11.3 Å². The smallest absolute Gasteiger partial charge is 0.345 e. The van der Waals surface area contributed by atoms with Gasteiger partial charge in [0.05, 0.1) is 23.6 Å². The first-order chi connectivity index (χ1) is 12.9. The third kappa shape index (κ3) is 5.99. The molecule has 1 aromatic rings. The van der Waals surface area contributed by atoms with E-state index in [4.69, 9.17) is 5.11 Å². The number of carboxylic acids is 1. The highest BCUT2D eigenvalue weighted by Crippen LogP contribution is 2.21. The molecule has 0 saturated carbocycles. The zero-order chi connectivity index (χ0) is 19.8. The van der Waals surface area contributed by atoms with Crippen LogP contribution < -0.4 is 0 Å². The van der Waals surface area contributed by atoms with Crippen LogP contribution in [0.25, 0.3) is 0 Å². The first-order valence-electron chi connectivity index (χ1n) is 8.79. The average molecular weight is 385 g/mol. The Morgan fingerprint density at radius 1 is 1.44 bits per heavy atom. The maximum atomic E-state index is 12.1. The van der Waals surface area contributed by atoms with E-state index >= 15 is 0 Å². The van der Waals surface area contributed by atoms with Crippen molar-refractivity contribution in [3.8, 4) is 23.7 Å². The maximum Gasteiger partial charge on any atom is 0.345 e. The predicted molar refractivity (Wildman–Crippen MR) is 105 cm³/mol. The lowest BCUT2D eigenvalue weighted by Crippen LogP contribution is -2.32. The summed E-state index contributed by atoms with van der Waals surface area (Å²) >= 11 is 1.11. The van der Waals surface area contributed by atoms with Crippen LogP contribution in [0.4, 0.5) is 0 Å². The molecular weight excluding hydrogens is 362 g/mol. The van der Waals surface area contributed by atoms with Crippen molar-refractivity contribution in [3.05, 3.63) is 34.0 Å². The van der Waals surface area contributed by atoms with Crippen molar-refractivity contribution in [3.63, 3.8) is 0 Å². The summed E-state index contributed by atoms with van der Waals surface area (Å²) in [5, 5.41) is 19.1. The normalized spacial score (nSPS) is 18.6. The minimum atomic E-state index is -0.967. The van der Waals surface area contributed by atoms with Crippen LogP contribution in [-0.2, 0) is 4.79 Å². The third-order valence-electron chi connectivity index (χ3n) is 4.37. The van der Waals surface area contributed by atoms with Crippen LogP contribution in [-0.4, -0.2) is 45.7 Å². The van der Waals surface area contributed by atoms with Crippen molar-refractivity contribution in [2.24, 2.45) is 5.92 Å². The lowest BCUT2D eigenvalue weighted by molar-refractivity contribution is -0.127. The van der Waals surface area contributed by atoms with Gasteiger partial charge in [0.1, 0.15) is 4.88 Å². The molecule has 0 spiro atoms. The van der Waals surface area contributed by atoms with E-state index in [1.54, 1.807) is 24.0 Å². The Bertz CT molecular complexity index is 834. The molecule has 0 unspecified atom stereocenters. The minimum Gasteiger partial charge on any atom is -0.477 e. The SMILES string of the molecule is CC#CC[C@H](C)[C@H](O)/C=C/[C@H]1CCC(=O)N1CC#Cc1ccc(C(=O)O)s1. The molecule has 0 bridgehead atoms. The number of hydrogen-bond donors (Lipinski definition) is 2. The van der Waals surface area contributed by atoms with Gasteiger partial charge < -0.3 is 15.1 Å². The molecule has 2 N–H and O–H groups in total. The van der Waals surface area contributed by atoms with Gasteiger partial charge in [-0.3, -0.25) is 4.79 Å². The van der Waals surface area contributed by atoms with Crippen molar-refractivity contribution in [2.75, 3.05) is 6.54 Å². The molecule has 6 heteroatoms. The Hall–Kier alpha value is -2.54. The molecule has 1 saturated heterocycles. The van der Waals surface area contributed by atoms with E-state index < -0.39 is 12.1 Å². The second-order valence-corrected chi connectivity index (χ2v) is 7.47. The highest BCUT2D eigenvalue weighted by molar-refractivity contribution is 7.14. The van der Waals surface area contributed by atoms with Gasteiger partial charge in [-0.25, -0.2) is 4.79 Å². The van der Waals surface area contributed by atoms with Gasteiger partial charge in [-0.15, -0.1) is 23.2 Å². The molecule has 0 radical (unpaired) electrons. The highest BCUT2D eigenvalue weighted by Gasteiger charge is 2.28.